The predicted molar refractivity (Wildman–Crippen MR) is 81.8 cm³/mol. The van der Waals surface area contributed by atoms with E-state index >= 15 is 0 Å². The number of ether oxygens (including phenoxy) is 1. The number of aromatic amines is 1. The zero-order valence-corrected chi connectivity index (χ0v) is 12.7. The Morgan fingerprint density at radius 3 is 2.73 bits per heavy atom. The third-order valence-electron chi connectivity index (χ3n) is 4.14. The molecule has 5 nitrogen and oxygen atoms in total. The van der Waals surface area contributed by atoms with E-state index in [1.807, 2.05) is 30.2 Å². The number of rotatable bonds is 2. The molecular formula is C17H18N2O3. The molecule has 1 aromatic carbocycles. The number of aromatic nitrogens is 1. The van der Waals surface area contributed by atoms with E-state index in [1.54, 1.807) is 12.3 Å². The summed E-state index contributed by atoms with van der Waals surface area (Å²) in [6.07, 6.45) is 4.22. The van der Waals surface area contributed by atoms with E-state index in [-0.39, 0.29) is 11.9 Å². The zero-order chi connectivity index (χ0) is 15.7. The maximum Gasteiger partial charge on any atom is 0.338 e. The van der Waals surface area contributed by atoms with Crippen LogP contribution in [-0.2, 0) is 17.7 Å². The summed E-state index contributed by atoms with van der Waals surface area (Å²) in [5.74, 6) is -0.300. The third kappa shape index (κ3) is 2.39. The van der Waals surface area contributed by atoms with Crippen molar-refractivity contribution in [2.45, 2.75) is 19.9 Å². The van der Waals surface area contributed by atoms with Gasteiger partial charge in [0.25, 0.3) is 5.91 Å². The molecule has 0 aliphatic carbocycles. The van der Waals surface area contributed by atoms with Crippen LogP contribution in [0.15, 0.2) is 30.6 Å². The number of aryl methyl sites for hydroxylation is 1. The molecule has 1 aliphatic rings. The van der Waals surface area contributed by atoms with Gasteiger partial charge in [-0.1, -0.05) is 12.1 Å². The van der Waals surface area contributed by atoms with Crippen molar-refractivity contribution >= 4 is 11.9 Å². The molecule has 1 aromatic heterocycles. The van der Waals surface area contributed by atoms with Crippen molar-refractivity contribution in [1.82, 2.24) is 9.88 Å². The monoisotopic (exact) mass is 298 g/mol. The molecule has 0 bridgehead atoms. The van der Waals surface area contributed by atoms with Crippen molar-refractivity contribution in [3.63, 3.8) is 0 Å². The molecule has 114 valence electrons. The van der Waals surface area contributed by atoms with E-state index in [1.165, 1.54) is 7.11 Å². The van der Waals surface area contributed by atoms with Crippen LogP contribution in [0.1, 0.15) is 37.4 Å². The number of carbonyl (C=O) groups is 2. The lowest BCUT2D eigenvalue weighted by atomic mass is 9.94. The van der Waals surface area contributed by atoms with Crippen molar-refractivity contribution in [2.24, 2.45) is 0 Å². The number of hydrogen-bond acceptors (Lipinski definition) is 3. The number of fused-ring (bicyclic) bond motifs is 1. The topological polar surface area (TPSA) is 62.4 Å². The average molecular weight is 298 g/mol. The van der Waals surface area contributed by atoms with Crippen molar-refractivity contribution in [1.29, 1.82) is 0 Å². The highest BCUT2D eigenvalue weighted by Crippen LogP contribution is 2.24. The molecular weight excluding hydrogens is 280 g/mol. The quantitative estimate of drug-likeness (QED) is 0.865. The minimum atomic E-state index is -0.321. The Morgan fingerprint density at radius 2 is 2.05 bits per heavy atom. The largest absolute Gasteiger partial charge is 0.465 e. The van der Waals surface area contributed by atoms with Gasteiger partial charge in [-0.05, 0) is 36.1 Å². The van der Waals surface area contributed by atoms with Gasteiger partial charge >= 0.3 is 5.97 Å². The highest BCUT2D eigenvalue weighted by molar-refractivity contribution is 5.96. The summed E-state index contributed by atoms with van der Waals surface area (Å²) in [7, 11) is 1.38. The highest BCUT2D eigenvalue weighted by atomic mass is 16.5. The van der Waals surface area contributed by atoms with Crippen LogP contribution in [0.5, 0.6) is 0 Å². The Kier molecular flexibility index (Phi) is 3.71. The lowest BCUT2D eigenvalue weighted by molar-refractivity contribution is 0.0598. The third-order valence-corrected chi connectivity index (χ3v) is 4.14. The number of methoxy groups -OCH3 is 1. The standard InChI is InChI=1S/C17H18N2O3/c1-11-8-18-9-15(11)16(20)19-7-6-13-12(10-19)4-3-5-14(13)17(21)22-2/h3-5,8-9,18H,6-7,10H2,1-2H3. The molecule has 1 N–H and O–H groups in total. The summed E-state index contributed by atoms with van der Waals surface area (Å²) in [4.78, 5) is 29.2. The number of nitrogens with zero attached hydrogens (tertiary/aromatic N) is 1. The minimum Gasteiger partial charge on any atom is -0.465 e. The summed E-state index contributed by atoms with van der Waals surface area (Å²) in [5.41, 5.74) is 4.25. The van der Waals surface area contributed by atoms with Gasteiger partial charge < -0.3 is 14.6 Å². The first kappa shape index (κ1) is 14.4. The molecule has 5 heteroatoms. The molecule has 0 saturated heterocycles. The average Bonchev–Trinajstić information content (AvgIpc) is 2.98. The molecule has 0 saturated carbocycles. The van der Waals surface area contributed by atoms with Crippen LogP contribution in [-0.4, -0.2) is 35.4 Å². The molecule has 0 radical (unpaired) electrons. The molecule has 0 spiro atoms. The van der Waals surface area contributed by atoms with Crippen LogP contribution < -0.4 is 0 Å². The van der Waals surface area contributed by atoms with Gasteiger partial charge in [-0.15, -0.1) is 0 Å². The van der Waals surface area contributed by atoms with Crippen molar-refractivity contribution < 1.29 is 14.3 Å². The van der Waals surface area contributed by atoms with E-state index in [2.05, 4.69) is 4.98 Å². The number of hydrogen-bond donors (Lipinski definition) is 1. The smallest absolute Gasteiger partial charge is 0.338 e. The fourth-order valence-electron chi connectivity index (χ4n) is 2.93. The first-order valence-electron chi connectivity index (χ1n) is 7.23. The molecule has 22 heavy (non-hydrogen) atoms. The van der Waals surface area contributed by atoms with Crippen LogP contribution in [0.4, 0.5) is 0 Å². The first-order chi connectivity index (χ1) is 10.6. The van der Waals surface area contributed by atoms with Crippen LogP contribution in [0, 0.1) is 6.92 Å². The highest BCUT2D eigenvalue weighted by Gasteiger charge is 2.26. The molecule has 2 heterocycles. The van der Waals surface area contributed by atoms with Gasteiger partial charge in [0, 0.05) is 25.5 Å². The Bertz CT molecular complexity index is 733. The van der Waals surface area contributed by atoms with Gasteiger partial charge in [0.2, 0.25) is 0 Å². The van der Waals surface area contributed by atoms with E-state index < -0.39 is 0 Å². The number of carbonyl (C=O) groups excluding carboxylic acids is 2. The number of nitrogens with one attached hydrogen (secondary N) is 1. The number of benzene rings is 1. The van der Waals surface area contributed by atoms with Crippen molar-refractivity contribution in [2.75, 3.05) is 13.7 Å². The fraction of sp³-hybridized carbons (Fsp3) is 0.294. The van der Waals surface area contributed by atoms with E-state index in [0.717, 1.165) is 16.7 Å². The van der Waals surface area contributed by atoms with Crippen LogP contribution in [0.2, 0.25) is 0 Å². The summed E-state index contributed by atoms with van der Waals surface area (Å²) < 4.78 is 4.83. The van der Waals surface area contributed by atoms with Crippen LogP contribution in [0.25, 0.3) is 0 Å². The lowest BCUT2D eigenvalue weighted by Gasteiger charge is -2.29. The summed E-state index contributed by atoms with van der Waals surface area (Å²) in [6, 6.07) is 5.57. The number of esters is 1. The van der Waals surface area contributed by atoms with Gasteiger partial charge in [-0.2, -0.15) is 0 Å². The predicted octanol–water partition coefficient (Wildman–Crippen LogP) is 2.31. The summed E-state index contributed by atoms with van der Waals surface area (Å²) in [6.45, 7) is 3.03. The molecule has 1 aliphatic heterocycles. The van der Waals surface area contributed by atoms with Crippen LogP contribution in [0.3, 0.4) is 0 Å². The van der Waals surface area contributed by atoms with E-state index in [0.29, 0.717) is 30.6 Å². The van der Waals surface area contributed by atoms with Gasteiger partial charge in [0.1, 0.15) is 0 Å². The molecule has 0 unspecified atom stereocenters. The zero-order valence-electron chi connectivity index (χ0n) is 12.7. The second-order valence-corrected chi connectivity index (χ2v) is 5.46. The fourth-order valence-corrected chi connectivity index (χ4v) is 2.93. The summed E-state index contributed by atoms with van der Waals surface area (Å²) in [5, 5.41) is 0. The van der Waals surface area contributed by atoms with E-state index in [9.17, 15) is 9.59 Å². The van der Waals surface area contributed by atoms with Gasteiger partial charge in [-0.25, -0.2) is 4.79 Å². The van der Waals surface area contributed by atoms with Crippen molar-refractivity contribution in [3.8, 4) is 0 Å². The van der Waals surface area contributed by atoms with Crippen molar-refractivity contribution in [3.05, 3.63) is 58.4 Å². The van der Waals surface area contributed by atoms with Gasteiger partial charge in [0.05, 0.1) is 18.2 Å². The van der Waals surface area contributed by atoms with Gasteiger partial charge in [0.15, 0.2) is 0 Å². The maximum absolute atomic E-state index is 12.6. The Balaban J connectivity index is 1.87. The minimum absolute atomic E-state index is 0.0212. The normalized spacial score (nSPS) is 13.6. The van der Waals surface area contributed by atoms with Crippen LogP contribution >= 0.6 is 0 Å². The Labute approximate surface area is 128 Å². The molecule has 2 aromatic rings. The SMILES string of the molecule is COC(=O)c1cccc2c1CCN(C(=O)c1c[nH]cc1C)C2. The summed E-state index contributed by atoms with van der Waals surface area (Å²) >= 11 is 0. The second kappa shape index (κ2) is 5.67. The Morgan fingerprint density at radius 1 is 1.23 bits per heavy atom. The maximum atomic E-state index is 12.6. The first-order valence-corrected chi connectivity index (χ1v) is 7.23. The molecule has 0 fully saturated rings. The number of H-pyrrole nitrogens is 1. The second-order valence-electron chi connectivity index (χ2n) is 5.46. The Hall–Kier alpha value is -2.56. The number of amides is 1. The molecule has 0 atom stereocenters. The van der Waals surface area contributed by atoms with E-state index in [4.69, 9.17) is 4.74 Å². The molecule has 1 amide bonds. The van der Waals surface area contributed by atoms with Gasteiger partial charge in [-0.3, -0.25) is 4.79 Å². The molecule has 3 rings (SSSR count). The lowest BCUT2D eigenvalue weighted by Crippen LogP contribution is -2.36.